The number of hydrogen-bond donors (Lipinski definition) is 2. The lowest BCUT2D eigenvalue weighted by molar-refractivity contribution is -0.143. The van der Waals surface area contributed by atoms with E-state index in [-0.39, 0.29) is 12.5 Å². The van der Waals surface area contributed by atoms with Gasteiger partial charge in [0.1, 0.15) is 0 Å². The zero-order valence-corrected chi connectivity index (χ0v) is 14.0. The first kappa shape index (κ1) is 18.4. The van der Waals surface area contributed by atoms with E-state index >= 15 is 0 Å². The lowest BCUT2D eigenvalue weighted by Crippen LogP contribution is -2.61. The molecule has 0 unspecified atom stereocenters. The number of amides is 1. The van der Waals surface area contributed by atoms with Gasteiger partial charge in [-0.1, -0.05) is 26.2 Å². The van der Waals surface area contributed by atoms with E-state index in [1.54, 1.807) is 0 Å². The fourth-order valence-corrected chi connectivity index (χ4v) is 2.91. The van der Waals surface area contributed by atoms with Crippen molar-refractivity contribution >= 4 is 5.91 Å². The number of hydrogen-bond acceptors (Lipinski definition) is 4. The van der Waals surface area contributed by atoms with Crippen molar-refractivity contribution in [1.29, 1.82) is 0 Å². The Morgan fingerprint density at radius 1 is 1.19 bits per heavy atom. The highest BCUT2D eigenvalue weighted by atomic mass is 16.3. The Balaban J connectivity index is 2.59. The molecule has 1 amide bonds. The third-order valence-electron chi connectivity index (χ3n) is 4.37. The number of carbonyl (C=O) groups is 1. The largest absolute Gasteiger partial charge is 0.395 e. The van der Waals surface area contributed by atoms with Crippen molar-refractivity contribution in [2.75, 3.05) is 45.9 Å². The summed E-state index contributed by atoms with van der Waals surface area (Å²) in [6.45, 7) is 11.1. The quantitative estimate of drug-likeness (QED) is 0.625. The summed E-state index contributed by atoms with van der Waals surface area (Å²) in [6, 6.07) is 0. The molecule has 1 fully saturated rings. The highest BCUT2D eigenvalue weighted by molar-refractivity contribution is 5.85. The molecule has 0 aliphatic carbocycles. The van der Waals surface area contributed by atoms with Crippen LogP contribution in [-0.2, 0) is 4.79 Å². The van der Waals surface area contributed by atoms with Crippen molar-refractivity contribution in [3.8, 4) is 0 Å². The lowest BCUT2D eigenvalue weighted by atomic mass is 9.99. The molecule has 5 nitrogen and oxygen atoms in total. The molecule has 0 aromatic carbocycles. The smallest absolute Gasteiger partial charge is 0.242 e. The van der Waals surface area contributed by atoms with Crippen molar-refractivity contribution < 1.29 is 9.90 Å². The Kier molecular flexibility index (Phi) is 8.22. The van der Waals surface area contributed by atoms with Crippen LogP contribution in [0, 0.1) is 0 Å². The molecule has 21 heavy (non-hydrogen) atoms. The van der Waals surface area contributed by atoms with Gasteiger partial charge in [-0.3, -0.25) is 9.69 Å². The average Bonchev–Trinajstić information content (AvgIpc) is 2.50. The van der Waals surface area contributed by atoms with E-state index in [1.165, 1.54) is 12.8 Å². The molecule has 2 N–H and O–H groups in total. The maximum absolute atomic E-state index is 12.9. The molecular formula is C16H33N3O2. The minimum Gasteiger partial charge on any atom is -0.395 e. The van der Waals surface area contributed by atoms with Gasteiger partial charge in [0.15, 0.2) is 0 Å². The predicted molar refractivity (Wildman–Crippen MR) is 86.3 cm³/mol. The van der Waals surface area contributed by atoms with Gasteiger partial charge in [0.2, 0.25) is 5.91 Å². The van der Waals surface area contributed by atoms with Crippen molar-refractivity contribution in [1.82, 2.24) is 15.1 Å². The molecule has 124 valence electrons. The van der Waals surface area contributed by atoms with Crippen molar-refractivity contribution in [2.45, 2.75) is 52.0 Å². The highest BCUT2D eigenvalue weighted by Crippen LogP contribution is 2.19. The molecule has 0 aromatic rings. The molecule has 1 aliphatic rings. The summed E-state index contributed by atoms with van der Waals surface area (Å²) in [5.41, 5.74) is -0.484. The monoisotopic (exact) mass is 299 g/mol. The second-order valence-corrected chi connectivity index (χ2v) is 6.37. The highest BCUT2D eigenvalue weighted by Gasteiger charge is 2.37. The Hall–Kier alpha value is -0.650. The summed E-state index contributed by atoms with van der Waals surface area (Å²) in [6.07, 6.45) is 4.58. The normalized spacial score (nSPS) is 17.0. The third-order valence-corrected chi connectivity index (χ3v) is 4.37. The molecule has 0 saturated carbocycles. The van der Waals surface area contributed by atoms with E-state index in [9.17, 15) is 9.90 Å². The van der Waals surface area contributed by atoms with Crippen molar-refractivity contribution in [3.05, 3.63) is 0 Å². The maximum Gasteiger partial charge on any atom is 0.242 e. The number of nitrogens with zero attached hydrogens (tertiary/aromatic N) is 2. The summed E-state index contributed by atoms with van der Waals surface area (Å²) >= 11 is 0. The molecule has 0 atom stereocenters. The first-order chi connectivity index (χ1) is 10.0. The molecular weight excluding hydrogens is 266 g/mol. The molecule has 1 saturated heterocycles. The van der Waals surface area contributed by atoms with Gasteiger partial charge in [-0.15, -0.1) is 0 Å². The Morgan fingerprint density at radius 2 is 1.86 bits per heavy atom. The number of piperazine rings is 1. The summed E-state index contributed by atoms with van der Waals surface area (Å²) in [7, 11) is 0. The van der Waals surface area contributed by atoms with Gasteiger partial charge in [0.05, 0.1) is 12.1 Å². The van der Waals surface area contributed by atoms with Gasteiger partial charge in [0.25, 0.3) is 0 Å². The van der Waals surface area contributed by atoms with E-state index < -0.39 is 5.54 Å². The molecule has 1 rings (SSSR count). The number of carbonyl (C=O) groups excluding carboxylic acids is 1. The molecule has 0 spiro atoms. The topological polar surface area (TPSA) is 55.8 Å². The number of aliphatic hydroxyl groups is 1. The number of unbranched alkanes of at least 4 members (excludes halogenated alkanes) is 3. The van der Waals surface area contributed by atoms with Gasteiger partial charge >= 0.3 is 0 Å². The molecule has 0 bridgehead atoms. The predicted octanol–water partition coefficient (Wildman–Crippen LogP) is 1.07. The van der Waals surface area contributed by atoms with Crippen LogP contribution in [0.4, 0.5) is 0 Å². The zero-order chi connectivity index (χ0) is 15.7. The van der Waals surface area contributed by atoms with Crippen LogP contribution in [0.25, 0.3) is 0 Å². The fourth-order valence-electron chi connectivity index (χ4n) is 2.91. The van der Waals surface area contributed by atoms with Crippen LogP contribution in [-0.4, -0.2) is 72.2 Å². The van der Waals surface area contributed by atoms with Crippen LogP contribution in [0.15, 0.2) is 0 Å². The van der Waals surface area contributed by atoms with E-state index in [1.807, 2.05) is 18.7 Å². The maximum atomic E-state index is 12.9. The standard InChI is InChI=1S/C16H33N3O2/c1-4-5-6-7-10-18(13-14-20)15(21)16(2,3)19-11-8-17-9-12-19/h17,20H,4-14H2,1-3H3. The zero-order valence-electron chi connectivity index (χ0n) is 14.0. The number of rotatable bonds is 9. The Labute approximate surface area is 129 Å². The SMILES string of the molecule is CCCCCCN(CCO)C(=O)C(C)(C)N1CCNCC1. The van der Waals surface area contributed by atoms with Crippen LogP contribution < -0.4 is 5.32 Å². The first-order valence-electron chi connectivity index (χ1n) is 8.40. The van der Waals surface area contributed by atoms with Crippen LogP contribution in [0.1, 0.15) is 46.5 Å². The Morgan fingerprint density at radius 3 is 2.43 bits per heavy atom. The average molecular weight is 299 g/mol. The van der Waals surface area contributed by atoms with Gasteiger partial charge in [0, 0.05) is 39.3 Å². The second-order valence-electron chi connectivity index (χ2n) is 6.37. The summed E-state index contributed by atoms with van der Waals surface area (Å²) in [5.74, 6) is 0.148. The van der Waals surface area contributed by atoms with E-state index in [4.69, 9.17) is 0 Å². The van der Waals surface area contributed by atoms with Crippen LogP contribution >= 0.6 is 0 Å². The van der Waals surface area contributed by atoms with Crippen molar-refractivity contribution in [2.24, 2.45) is 0 Å². The summed E-state index contributed by atoms with van der Waals surface area (Å²) in [5, 5.41) is 12.6. The van der Waals surface area contributed by atoms with Crippen molar-refractivity contribution in [3.63, 3.8) is 0 Å². The van der Waals surface area contributed by atoms with E-state index in [0.29, 0.717) is 6.54 Å². The first-order valence-corrected chi connectivity index (χ1v) is 8.40. The van der Waals surface area contributed by atoms with E-state index in [0.717, 1.165) is 45.6 Å². The number of aliphatic hydroxyl groups excluding tert-OH is 1. The van der Waals surface area contributed by atoms with Crippen LogP contribution in [0.2, 0.25) is 0 Å². The van der Waals surface area contributed by atoms with Gasteiger partial charge in [-0.25, -0.2) is 0 Å². The number of nitrogens with one attached hydrogen (secondary N) is 1. The fraction of sp³-hybridized carbons (Fsp3) is 0.938. The molecule has 0 radical (unpaired) electrons. The third kappa shape index (κ3) is 5.57. The molecule has 5 heteroatoms. The van der Waals surface area contributed by atoms with Crippen LogP contribution in [0.5, 0.6) is 0 Å². The van der Waals surface area contributed by atoms with E-state index in [2.05, 4.69) is 17.1 Å². The minimum atomic E-state index is -0.484. The van der Waals surface area contributed by atoms with Gasteiger partial charge in [-0.2, -0.15) is 0 Å². The van der Waals surface area contributed by atoms with Crippen LogP contribution in [0.3, 0.4) is 0 Å². The second kappa shape index (κ2) is 9.38. The van der Waals surface area contributed by atoms with Gasteiger partial charge in [-0.05, 0) is 20.3 Å². The lowest BCUT2D eigenvalue weighted by Gasteiger charge is -2.42. The molecule has 0 aromatic heterocycles. The summed E-state index contributed by atoms with van der Waals surface area (Å²) in [4.78, 5) is 17.0. The Bertz CT molecular complexity index is 302. The molecule has 1 heterocycles. The van der Waals surface area contributed by atoms with Gasteiger partial charge < -0.3 is 15.3 Å². The molecule has 1 aliphatic heterocycles. The summed E-state index contributed by atoms with van der Waals surface area (Å²) < 4.78 is 0. The minimum absolute atomic E-state index is 0.0388.